The van der Waals surface area contributed by atoms with Crippen LogP contribution < -0.4 is 0 Å². The van der Waals surface area contributed by atoms with Gasteiger partial charge in [0.25, 0.3) is 0 Å². The minimum atomic E-state index is -4.85. The molecule has 0 amide bonds. The number of methoxy groups -OCH3 is 1. The highest BCUT2D eigenvalue weighted by Crippen LogP contribution is 2.59. The Bertz CT molecular complexity index is 569. The zero-order valence-electron chi connectivity index (χ0n) is 10.7. The third-order valence-corrected chi connectivity index (χ3v) is 3.53. The molecule has 0 saturated heterocycles. The van der Waals surface area contributed by atoms with Gasteiger partial charge < -0.3 is 4.74 Å². The fourth-order valence-corrected chi connectivity index (χ4v) is 2.16. The lowest BCUT2D eigenvalue weighted by Crippen LogP contribution is -2.29. The first-order valence-corrected chi connectivity index (χ1v) is 5.89. The molecule has 0 spiro atoms. The van der Waals surface area contributed by atoms with Crippen LogP contribution in [0.1, 0.15) is 34.3 Å². The Morgan fingerprint density at radius 1 is 1.10 bits per heavy atom. The molecule has 0 unspecified atom stereocenters. The second-order valence-corrected chi connectivity index (χ2v) is 4.87. The Balaban J connectivity index is 2.59. The van der Waals surface area contributed by atoms with E-state index in [0.29, 0.717) is 12.1 Å². The summed E-state index contributed by atoms with van der Waals surface area (Å²) >= 11 is 0. The summed E-state index contributed by atoms with van der Waals surface area (Å²) in [6.07, 6.45) is -10.1. The normalized spacial score (nSPS) is 17.5. The van der Waals surface area contributed by atoms with Gasteiger partial charge in [-0.25, -0.2) is 4.79 Å². The summed E-state index contributed by atoms with van der Waals surface area (Å²) in [4.78, 5) is 11.4. The lowest BCUT2D eigenvalue weighted by Gasteiger charge is -2.21. The molecule has 0 heterocycles. The van der Waals surface area contributed by atoms with Gasteiger partial charge in [-0.15, -0.1) is 0 Å². The molecule has 1 aliphatic rings. The Morgan fingerprint density at radius 3 is 2.05 bits per heavy atom. The Kier molecular flexibility index (Phi) is 3.46. The minimum absolute atomic E-state index is 0.293. The molecule has 1 aliphatic carbocycles. The van der Waals surface area contributed by atoms with Crippen LogP contribution in [-0.2, 0) is 16.3 Å². The quantitative estimate of drug-likeness (QED) is 0.607. The molecule has 0 aliphatic heterocycles. The van der Waals surface area contributed by atoms with E-state index in [2.05, 4.69) is 4.74 Å². The van der Waals surface area contributed by atoms with Crippen LogP contribution in [0.25, 0.3) is 0 Å². The van der Waals surface area contributed by atoms with Crippen LogP contribution in [0.15, 0.2) is 18.2 Å². The highest BCUT2D eigenvalue weighted by atomic mass is 19.4. The first-order valence-electron chi connectivity index (χ1n) is 5.89. The van der Waals surface area contributed by atoms with Gasteiger partial charge in [0.15, 0.2) is 0 Å². The standard InChI is InChI=1S/C13H10F6O2/c1-21-10(20)7-4-8(6-9(5-7)12(14,15)16)11(2-3-11)13(17,18)19/h4-6H,2-3H2,1H3. The second-order valence-electron chi connectivity index (χ2n) is 4.87. The van der Waals surface area contributed by atoms with Crippen molar-refractivity contribution in [1.29, 1.82) is 0 Å². The Morgan fingerprint density at radius 2 is 1.67 bits per heavy atom. The minimum Gasteiger partial charge on any atom is -0.465 e. The van der Waals surface area contributed by atoms with Crippen molar-refractivity contribution in [2.45, 2.75) is 30.6 Å². The molecule has 0 N–H and O–H groups in total. The van der Waals surface area contributed by atoms with E-state index in [-0.39, 0.29) is 12.8 Å². The maximum atomic E-state index is 13.0. The molecule has 0 radical (unpaired) electrons. The van der Waals surface area contributed by atoms with Gasteiger partial charge in [-0.1, -0.05) is 0 Å². The summed E-state index contributed by atoms with van der Waals surface area (Å²) in [5.74, 6) is -1.11. The van der Waals surface area contributed by atoms with E-state index in [0.717, 1.165) is 13.2 Å². The van der Waals surface area contributed by atoms with Crippen molar-refractivity contribution >= 4 is 5.97 Å². The fourth-order valence-electron chi connectivity index (χ4n) is 2.16. The van der Waals surface area contributed by atoms with Gasteiger partial charge in [-0.05, 0) is 36.6 Å². The molecule has 8 heteroatoms. The average Bonchev–Trinajstić information content (AvgIpc) is 3.17. The van der Waals surface area contributed by atoms with Gasteiger partial charge in [0, 0.05) is 0 Å². The number of carbonyl (C=O) groups excluding carboxylic acids is 1. The molecule has 1 fully saturated rings. The zero-order chi connectivity index (χ0) is 16.1. The summed E-state index contributed by atoms with van der Waals surface area (Å²) in [6, 6.07) is 1.76. The van der Waals surface area contributed by atoms with Crippen molar-refractivity contribution in [3.05, 3.63) is 34.9 Å². The summed E-state index contributed by atoms with van der Waals surface area (Å²) in [7, 11) is 0.943. The molecule has 1 aromatic rings. The number of alkyl halides is 6. The highest BCUT2D eigenvalue weighted by Gasteiger charge is 2.64. The Hall–Kier alpha value is -1.73. The predicted octanol–water partition coefficient (Wildman–Crippen LogP) is 4.09. The highest BCUT2D eigenvalue weighted by molar-refractivity contribution is 5.90. The van der Waals surface area contributed by atoms with Gasteiger partial charge in [0.2, 0.25) is 0 Å². The van der Waals surface area contributed by atoms with E-state index in [4.69, 9.17) is 0 Å². The van der Waals surface area contributed by atoms with Crippen LogP contribution in [0.3, 0.4) is 0 Å². The first kappa shape index (κ1) is 15.7. The SMILES string of the molecule is COC(=O)c1cc(C(F)(F)F)cc(C2(C(F)(F)F)CC2)c1. The molecule has 1 aromatic carbocycles. The van der Waals surface area contributed by atoms with E-state index < -0.39 is 40.4 Å². The van der Waals surface area contributed by atoms with Gasteiger partial charge in [-0.2, -0.15) is 26.3 Å². The molecule has 116 valence electrons. The number of hydrogen-bond acceptors (Lipinski definition) is 2. The van der Waals surface area contributed by atoms with Gasteiger partial charge in [0.1, 0.15) is 0 Å². The Labute approximate surface area is 115 Å². The van der Waals surface area contributed by atoms with Crippen molar-refractivity contribution < 1.29 is 35.9 Å². The third kappa shape index (κ3) is 2.71. The lowest BCUT2D eigenvalue weighted by atomic mass is 9.91. The molecular weight excluding hydrogens is 302 g/mol. The maximum Gasteiger partial charge on any atom is 0.416 e. The van der Waals surface area contributed by atoms with Crippen molar-refractivity contribution in [3.8, 4) is 0 Å². The van der Waals surface area contributed by atoms with E-state index in [9.17, 15) is 31.1 Å². The predicted molar refractivity (Wildman–Crippen MR) is 59.8 cm³/mol. The largest absolute Gasteiger partial charge is 0.465 e. The monoisotopic (exact) mass is 312 g/mol. The summed E-state index contributed by atoms with van der Waals surface area (Å²) in [5.41, 5.74) is -4.68. The molecule has 2 nitrogen and oxygen atoms in total. The van der Waals surface area contributed by atoms with Crippen molar-refractivity contribution in [2.24, 2.45) is 0 Å². The van der Waals surface area contributed by atoms with Gasteiger partial charge in [-0.3, -0.25) is 0 Å². The van der Waals surface area contributed by atoms with Crippen LogP contribution in [0.2, 0.25) is 0 Å². The maximum absolute atomic E-state index is 13.0. The summed E-state index contributed by atoms with van der Waals surface area (Å²) in [6.45, 7) is 0. The van der Waals surface area contributed by atoms with E-state index >= 15 is 0 Å². The van der Waals surface area contributed by atoms with Crippen LogP contribution in [0.5, 0.6) is 0 Å². The van der Waals surface area contributed by atoms with Crippen molar-refractivity contribution in [1.82, 2.24) is 0 Å². The molecule has 2 rings (SSSR count). The summed E-state index contributed by atoms with van der Waals surface area (Å²) in [5, 5.41) is 0. The number of benzene rings is 1. The number of carbonyl (C=O) groups is 1. The first-order chi connectivity index (χ1) is 9.51. The topological polar surface area (TPSA) is 26.3 Å². The number of halogens is 6. The second kappa shape index (κ2) is 4.64. The number of ether oxygens (including phenoxy) is 1. The summed E-state index contributed by atoms with van der Waals surface area (Å²) < 4.78 is 81.7. The average molecular weight is 312 g/mol. The van der Waals surface area contributed by atoms with Gasteiger partial charge in [0.05, 0.1) is 23.7 Å². The lowest BCUT2D eigenvalue weighted by molar-refractivity contribution is -0.161. The van der Waals surface area contributed by atoms with Crippen LogP contribution in [-0.4, -0.2) is 19.3 Å². The van der Waals surface area contributed by atoms with Crippen LogP contribution >= 0.6 is 0 Å². The molecule has 21 heavy (non-hydrogen) atoms. The molecule has 0 aromatic heterocycles. The van der Waals surface area contributed by atoms with E-state index in [1.807, 2.05) is 0 Å². The fraction of sp³-hybridized carbons (Fsp3) is 0.462. The van der Waals surface area contributed by atoms with E-state index in [1.165, 1.54) is 0 Å². The van der Waals surface area contributed by atoms with Crippen molar-refractivity contribution in [3.63, 3.8) is 0 Å². The van der Waals surface area contributed by atoms with Crippen LogP contribution in [0, 0.1) is 0 Å². The van der Waals surface area contributed by atoms with Crippen LogP contribution in [0.4, 0.5) is 26.3 Å². The molecular formula is C13H10F6O2. The zero-order valence-corrected chi connectivity index (χ0v) is 10.7. The number of esters is 1. The number of rotatable bonds is 2. The van der Waals surface area contributed by atoms with Crippen molar-refractivity contribution in [2.75, 3.05) is 7.11 Å². The third-order valence-electron chi connectivity index (χ3n) is 3.53. The molecule has 1 saturated carbocycles. The smallest absolute Gasteiger partial charge is 0.416 e. The molecule has 0 atom stereocenters. The van der Waals surface area contributed by atoms with E-state index in [1.54, 1.807) is 0 Å². The number of hydrogen-bond donors (Lipinski definition) is 0. The molecule has 0 bridgehead atoms. The van der Waals surface area contributed by atoms with Gasteiger partial charge >= 0.3 is 18.3 Å².